The number of carbonyl (C=O) groups excluding carboxylic acids is 1. The van der Waals surface area contributed by atoms with Gasteiger partial charge in [-0.15, -0.1) is 6.42 Å². The zero-order chi connectivity index (χ0) is 38.9. The summed E-state index contributed by atoms with van der Waals surface area (Å²) in [6.07, 6.45) is 6.17. The summed E-state index contributed by atoms with van der Waals surface area (Å²) >= 11 is 0. The lowest BCUT2D eigenvalue weighted by atomic mass is 9.93. The van der Waals surface area contributed by atoms with E-state index in [9.17, 15) is 23.1 Å². The highest BCUT2D eigenvalue weighted by Gasteiger charge is 2.52. The second-order valence-corrected chi connectivity index (χ2v) is 15.7. The van der Waals surface area contributed by atoms with Crippen molar-refractivity contribution in [2.75, 3.05) is 51.3 Å². The average molecular weight is 764 g/mol. The van der Waals surface area contributed by atoms with Crippen LogP contribution < -0.4 is 9.64 Å². The molecular formula is C41H42F5N5O4. The Labute approximate surface area is 315 Å². The second kappa shape index (κ2) is 13.8. The number of methoxy groups -OCH3 is 1. The molecule has 3 aliphatic heterocycles. The highest BCUT2D eigenvalue weighted by molar-refractivity contribution is 6.04. The minimum absolute atomic E-state index is 0.00670. The number of terminal acetylenes is 1. The van der Waals surface area contributed by atoms with Crippen LogP contribution in [0.25, 0.3) is 32.8 Å². The van der Waals surface area contributed by atoms with Gasteiger partial charge in [0.25, 0.3) is 0 Å². The Morgan fingerprint density at radius 1 is 1.09 bits per heavy atom. The molecule has 55 heavy (non-hydrogen) atoms. The van der Waals surface area contributed by atoms with Crippen LogP contribution in [0, 0.1) is 29.4 Å². The number of phenolic OH excluding ortho intramolecular Hbond substituents is 1. The summed E-state index contributed by atoms with van der Waals surface area (Å²) in [5, 5.41) is 11.5. The van der Waals surface area contributed by atoms with Crippen LogP contribution in [0.2, 0.25) is 0 Å². The van der Waals surface area contributed by atoms with Crippen molar-refractivity contribution in [1.29, 1.82) is 0 Å². The zero-order valence-corrected chi connectivity index (χ0v) is 30.7. The van der Waals surface area contributed by atoms with Crippen molar-refractivity contribution in [3.63, 3.8) is 0 Å². The molecule has 4 aromatic rings. The number of aromatic hydroxyl groups is 1. The Balaban J connectivity index is 1.18. The van der Waals surface area contributed by atoms with Crippen LogP contribution in [0.1, 0.15) is 57.4 Å². The lowest BCUT2D eigenvalue weighted by Crippen LogP contribution is -2.59. The number of ether oxygens (including phenoxy) is 2. The topological polar surface area (TPSA) is 91.3 Å². The standard InChI is InChI=1S/C41H42F5N5O4/c1-4-11-40(54-3)14-15-49(22-40)21-39(12-13-39)23-55-38-47-35-30(36(48-38)50-19-26-9-10-27(20-50)51(26)37(53)41(44,45)46)18-31(42)33(34(35)43)29-17-28(52)16-25-8-6-7-24(5-2)32(25)29/h2,6-8,16-18,26-27,52H,4,9-15,19-23H2,1,3H3. The molecule has 1 aromatic heterocycles. The predicted octanol–water partition coefficient (Wildman–Crippen LogP) is 7.21. The number of piperazine rings is 1. The molecule has 4 heterocycles. The number of phenols is 1. The van der Waals surface area contributed by atoms with Crippen molar-refractivity contribution in [3.05, 3.63) is 53.6 Å². The van der Waals surface area contributed by atoms with Crippen molar-refractivity contribution >= 4 is 33.4 Å². The van der Waals surface area contributed by atoms with Gasteiger partial charge in [0.05, 0.1) is 29.9 Å². The highest BCUT2D eigenvalue weighted by atomic mass is 19.4. The maximum absolute atomic E-state index is 17.1. The SMILES string of the molecule is C#Cc1cccc2cc(O)cc(-c3c(F)cc4c(N5CC6CCC(C5)N6C(=O)C(F)(F)F)nc(OCC5(CN6CCC(CCC)(OC)C6)CC5)nc4c3F)c12. The summed E-state index contributed by atoms with van der Waals surface area (Å²) in [6, 6.07) is 7.08. The van der Waals surface area contributed by atoms with Crippen LogP contribution >= 0.6 is 0 Å². The third-order valence-electron chi connectivity index (χ3n) is 12.0. The Kier molecular flexibility index (Phi) is 9.32. The molecule has 1 aliphatic carbocycles. The van der Waals surface area contributed by atoms with Gasteiger partial charge < -0.3 is 24.4 Å². The maximum atomic E-state index is 17.1. The van der Waals surface area contributed by atoms with Crippen LogP contribution in [-0.2, 0) is 9.53 Å². The Bertz CT molecular complexity index is 2210. The van der Waals surface area contributed by atoms with Gasteiger partial charge in [-0.3, -0.25) is 9.69 Å². The van der Waals surface area contributed by atoms with Gasteiger partial charge in [0.2, 0.25) is 0 Å². The first-order chi connectivity index (χ1) is 26.3. The molecule has 1 N–H and O–H groups in total. The monoisotopic (exact) mass is 763 g/mol. The van der Waals surface area contributed by atoms with Crippen molar-refractivity contribution in [2.45, 2.75) is 75.7 Å². The summed E-state index contributed by atoms with van der Waals surface area (Å²) in [5.74, 6) is -1.48. The van der Waals surface area contributed by atoms with E-state index < -0.39 is 41.4 Å². The van der Waals surface area contributed by atoms with Crippen LogP contribution in [0.4, 0.5) is 27.8 Å². The molecule has 3 saturated heterocycles. The molecule has 9 nitrogen and oxygen atoms in total. The maximum Gasteiger partial charge on any atom is 0.471 e. The van der Waals surface area contributed by atoms with Crippen LogP contribution in [0.3, 0.4) is 0 Å². The number of likely N-dealkylation sites (tertiary alicyclic amines) is 1. The first-order valence-electron chi connectivity index (χ1n) is 18.7. The summed E-state index contributed by atoms with van der Waals surface area (Å²) < 4.78 is 86.5. The van der Waals surface area contributed by atoms with E-state index in [4.69, 9.17) is 15.9 Å². The molecule has 1 saturated carbocycles. The van der Waals surface area contributed by atoms with E-state index in [1.165, 1.54) is 12.1 Å². The molecule has 0 radical (unpaired) electrons. The molecule has 1 amide bonds. The lowest BCUT2D eigenvalue weighted by molar-refractivity contribution is -0.188. The molecule has 14 heteroatoms. The molecule has 290 valence electrons. The van der Waals surface area contributed by atoms with Gasteiger partial charge in [-0.05, 0) is 68.2 Å². The van der Waals surface area contributed by atoms with Crippen LogP contribution in [-0.4, -0.2) is 101 Å². The van der Waals surface area contributed by atoms with E-state index in [-0.39, 0.29) is 64.8 Å². The summed E-state index contributed by atoms with van der Waals surface area (Å²) in [7, 11) is 1.76. The average Bonchev–Trinajstić information content (AvgIpc) is 3.72. The molecule has 4 fully saturated rings. The Morgan fingerprint density at radius 3 is 2.49 bits per heavy atom. The zero-order valence-electron chi connectivity index (χ0n) is 30.7. The number of fused-ring (bicyclic) bond motifs is 4. The molecule has 3 unspecified atom stereocenters. The minimum atomic E-state index is -5.03. The van der Waals surface area contributed by atoms with Gasteiger partial charge in [-0.25, -0.2) is 8.78 Å². The molecular weight excluding hydrogens is 721 g/mol. The van der Waals surface area contributed by atoms with Gasteiger partial charge in [0, 0.05) is 67.1 Å². The number of hydrogen-bond donors (Lipinski definition) is 1. The number of anilines is 1. The number of aromatic nitrogens is 2. The number of carbonyl (C=O) groups is 1. The summed E-state index contributed by atoms with van der Waals surface area (Å²) in [4.78, 5) is 26.5. The molecule has 8 rings (SSSR count). The molecule has 0 spiro atoms. The highest BCUT2D eigenvalue weighted by Crippen LogP contribution is 2.48. The van der Waals surface area contributed by atoms with Crippen molar-refractivity contribution in [1.82, 2.24) is 19.8 Å². The number of rotatable bonds is 10. The van der Waals surface area contributed by atoms with Gasteiger partial charge in [-0.2, -0.15) is 23.1 Å². The largest absolute Gasteiger partial charge is 0.508 e. The third kappa shape index (κ3) is 6.69. The number of benzene rings is 3. The first kappa shape index (κ1) is 37.2. The van der Waals surface area contributed by atoms with E-state index in [0.29, 0.717) is 29.2 Å². The van der Waals surface area contributed by atoms with E-state index in [0.717, 1.165) is 62.7 Å². The third-order valence-corrected chi connectivity index (χ3v) is 12.0. The Hall–Kier alpha value is -4.74. The molecule has 3 atom stereocenters. The minimum Gasteiger partial charge on any atom is -0.508 e. The fraction of sp³-hybridized carbons (Fsp3) is 0.488. The fourth-order valence-electron chi connectivity index (χ4n) is 9.20. The number of alkyl halides is 3. The van der Waals surface area contributed by atoms with Gasteiger partial charge in [0.15, 0.2) is 5.82 Å². The second-order valence-electron chi connectivity index (χ2n) is 15.7. The van der Waals surface area contributed by atoms with E-state index in [1.807, 2.05) is 0 Å². The first-order valence-corrected chi connectivity index (χ1v) is 18.7. The van der Waals surface area contributed by atoms with Gasteiger partial charge >= 0.3 is 18.1 Å². The Morgan fingerprint density at radius 2 is 1.84 bits per heavy atom. The van der Waals surface area contributed by atoms with Crippen molar-refractivity contribution in [2.24, 2.45) is 5.41 Å². The number of nitrogens with zero attached hydrogens (tertiary/aromatic N) is 5. The molecule has 2 bridgehead atoms. The number of halogens is 5. The quantitative estimate of drug-likeness (QED) is 0.134. The van der Waals surface area contributed by atoms with Crippen LogP contribution in [0.5, 0.6) is 11.8 Å². The summed E-state index contributed by atoms with van der Waals surface area (Å²) in [6.45, 7) is 4.79. The van der Waals surface area contributed by atoms with Gasteiger partial charge in [0.1, 0.15) is 22.9 Å². The fourth-order valence-corrected chi connectivity index (χ4v) is 9.20. The summed E-state index contributed by atoms with van der Waals surface area (Å²) in [5.41, 5.74) is -0.697. The van der Waals surface area contributed by atoms with E-state index in [2.05, 4.69) is 27.7 Å². The van der Waals surface area contributed by atoms with Crippen LogP contribution in [0.15, 0.2) is 36.4 Å². The lowest BCUT2D eigenvalue weighted by Gasteiger charge is -2.42. The van der Waals surface area contributed by atoms with E-state index >= 15 is 8.78 Å². The predicted molar refractivity (Wildman–Crippen MR) is 197 cm³/mol. The van der Waals surface area contributed by atoms with Gasteiger partial charge in [-0.1, -0.05) is 31.4 Å². The van der Waals surface area contributed by atoms with Crippen molar-refractivity contribution < 1.29 is 41.3 Å². The number of hydrogen-bond acceptors (Lipinski definition) is 8. The smallest absolute Gasteiger partial charge is 0.471 e. The normalized spacial score (nSPS) is 23.5. The number of amides is 1. The molecule has 4 aliphatic rings. The molecule has 3 aromatic carbocycles. The van der Waals surface area contributed by atoms with Crippen molar-refractivity contribution in [3.8, 4) is 35.2 Å². The van der Waals surface area contributed by atoms with E-state index in [1.54, 1.807) is 30.2 Å².